The summed E-state index contributed by atoms with van der Waals surface area (Å²) in [7, 11) is 1.52. The number of likely N-dealkylation sites (N-methyl/N-ethyl adjacent to an activating group) is 1. The molecule has 1 saturated heterocycles. The number of rotatable bonds is 27. The third-order valence-electron chi connectivity index (χ3n) is 15.0. The molecular weight excluding hydrogens is 1090 g/mol. The maximum Gasteiger partial charge on any atom is 0.309 e. The zero-order chi connectivity index (χ0) is 63.9. The van der Waals surface area contributed by atoms with Crippen molar-refractivity contribution >= 4 is 43.5 Å². The Bertz CT molecular complexity index is 2620. The molecule has 3 aromatic rings. The summed E-state index contributed by atoms with van der Waals surface area (Å²) in [6.45, 7) is 25.4. The lowest BCUT2D eigenvalue weighted by atomic mass is 9.88. The van der Waals surface area contributed by atoms with Crippen LogP contribution in [0.1, 0.15) is 186 Å². The summed E-state index contributed by atoms with van der Waals surface area (Å²) < 4.78 is 23.3. The molecule has 9 N–H and O–H groups in total. The first-order chi connectivity index (χ1) is 40.2. The van der Waals surface area contributed by atoms with Gasteiger partial charge in [0.2, 0.25) is 11.8 Å². The number of fused-ring (bicyclic) bond motifs is 5. The number of carbonyl (C=O) groups is 6. The second kappa shape index (κ2) is 39.6. The molecule has 1 fully saturated rings. The molecule has 3 aromatic carbocycles. The highest BCUT2D eigenvalue weighted by Crippen LogP contribution is 2.41. The number of Topliss-reactive ketones (excluding diaryl/α,β-unsaturated/α-hetero) is 3. The fourth-order valence-electron chi connectivity index (χ4n) is 10.0. The molecule has 18 nitrogen and oxygen atoms in total. The molecule has 86 heavy (non-hydrogen) atoms. The van der Waals surface area contributed by atoms with Gasteiger partial charge in [0.15, 0.2) is 17.3 Å². The van der Waals surface area contributed by atoms with Crippen LogP contribution in [0.5, 0.6) is 17.2 Å². The molecule has 0 saturated carbocycles. The number of nitrogens with one attached hydrogen (secondary N) is 1. The van der Waals surface area contributed by atoms with Crippen LogP contribution in [0.2, 0.25) is 0 Å². The summed E-state index contributed by atoms with van der Waals surface area (Å²) in [5.41, 5.74) is 20.7. The number of aliphatic carboxylic acids is 1. The van der Waals surface area contributed by atoms with Gasteiger partial charge in [-0.15, -0.1) is 0 Å². The van der Waals surface area contributed by atoms with E-state index >= 15 is 0 Å². The predicted molar refractivity (Wildman–Crippen MR) is 340 cm³/mol. The summed E-state index contributed by atoms with van der Waals surface area (Å²) in [6, 6.07) is 15.6. The lowest BCUT2D eigenvalue weighted by Gasteiger charge is -2.32. The van der Waals surface area contributed by atoms with Crippen molar-refractivity contribution in [1.29, 1.82) is 5.26 Å². The van der Waals surface area contributed by atoms with Crippen LogP contribution in [0, 0.1) is 46.3 Å². The summed E-state index contributed by atoms with van der Waals surface area (Å²) in [5, 5.41) is 29.4. The number of aliphatic hydroxyl groups is 1. The van der Waals surface area contributed by atoms with E-state index in [0.717, 1.165) is 51.7 Å². The molecule has 4 bridgehead atoms. The van der Waals surface area contributed by atoms with Gasteiger partial charge < -0.3 is 56.6 Å². The average molecular weight is 1200 g/mol. The minimum atomic E-state index is -1.21. The third kappa shape index (κ3) is 26.4. The van der Waals surface area contributed by atoms with E-state index < -0.39 is 52.9 Å². The molecule has 19 heteroatoms. The van der Waals surface area contributed by atoms with Crippen LogP contribution < -0.4 is 36.7 Å². The van der Waals surface area contributed by atoms with Crippen molar-refractivity contribution in [3.63, 3.8) is 0 Å². The van der Waals surface area contributed by atoms with E-state index in [1.807, 2.05) is 32.0 Å². The van der Waals surface area contributed by atoms with Crippen LogP contribution in [0.15, 0.2) is 54.6 Å². The van der Waals surface area contributed by atoms with Gasteiger partial charge >= 0.3 is 5.97 Å². The number of amides is 2. The van der Waals surface area contributed by atoms with E-state index in [1.54, 1.807) is 63.2 Å². The van der Waals surface area contributed by atoms with Crippen LogP contribution in [0.25, 0.3) is 11.1 Å². The quantitative estimate of drug-likeness (QED) is 0.0306. The number of nitrogens with two attached hydrogens (primary N) is 3. The molecule has 2 heterocycles. The van der Waals surface area contributed by atoms with Crippen molar-refractivity contribution in [3.8, 4) is 34.4 Å². The van der Waals surface area contributed by atoms with E-state index in [1.165, 1.54) is 24.8 Å². The number of nitrogens with zero attached hydrogens (tertiary/aromatic N) is 2. The number of nitriles is 1. The van der Waals surface area contributed by atoms with E-state index in [9.17, 15) is 34.0 Å². The summed E-state index contributed by atoms with van der Waals surface area (Å²) >= 11 is 0. The first kappa shape index (κ1) is 77.8. The van der Waals surface area contributed by atoms with Crippen LogP contribution in [-0.2, 0) is 35.1 Å². The van der Waals surface area contributed by atoms with E-state index in [-0.39, 0.29) is 102 Å². The highest BCUT2D eigenvalue weighted by Gasteiger charge is 2.36. The number of benzene rings is 3. The molecule has 4 atom stereocenters. The number of hydrogen-bond acceptors (Lipinski definition) is 15. The van der Waals surface area contributed by atoms with Crippen molar-refractivity contribution in [2.45, 2.75) is 178 Å². The molecule has 0 aromatic heterocycles. The smallest absolute Gasteiger partial charge is 0.309 e. The van der Waals surface area contributed by atoms with E-state index in [4.69, 9.17) is 46.4 Å². The van der Waals surface area contributed by atoms with Crippen molar-refractivity contribution in [3.05, 3.63) is 76.9 Å². The van der Waals surface area contributed by atoms with Gasteiger partial charge in [0.1, 0.15) is 36.5 Å². The fourth-order valence-corrected chi connectivity index (χ4v) is 10.0. The Morgan fingerprint density at radius 1 is 0.802 bits per heavy atom. The average Bonchev–Trinajstić information content (AvgIpc) is 2.45. The Morgan fingerprint density at radius 3 is 1.87 bits per heavy atom. The molecule has 0 aliphatic carbocycles. The highest BCUT2D eigenvalue weighted by atomic mass is 16.5. The van der Waals surface area contributed by atoms with Crippen molar-refractivity contribution in [1.82, 2.24) is 10.2 Å². The number of carbonyl (C=O) groups excluding carboxylic acids is 5. The molecule has 2 aliphatic heterocycles. The molecule has 5 rings (SSSR count). The molecule has 2 amide bonds. The molecule has 3 radical (unpaired) electrons. The first-order valence-electron chi connectivity index (χ1n) is 30.5. The van der Waals surface area contributed by atoms with Gasteiger partial charge in [-0.3, -0.25) is 28.8 Å². The molecule has 0 spiro atoms. The van der Waals surface area contributed by atoms with Gasteiger partial charge in [0.25, 0.3) is 0 Å². The number of aliphatic hydroxyl groups excluding tert-OH is 1. The Morgan fingerprint density at radius 2 is 1.38 bits per heavy atom. The number of carboxylic acid groups (broad SMARTS) is 1. The Hall–Kier alpha value is -6.17. The zero-order valence-electron chi connectivity index (χ0n) is 53.9. The normalized spacial score (nSPS) is 16.2. The predicted octanol–water partition coefficient (Wildman–Crippen LogP) is 9.91. The van der Waals surface area contributed by atoms with Gasteiger partial charge in [-0.05, 0) is 142 Å². The summed E-state index contributed by atoms with van der Waals surface area (Å²) in [4.78, 5) is 82.3. The van der Waals surface area contributed by atoms with Gasteiger partial charge in [0.05, 0.1) is 24.1 Å². The molecule has 2 aliphatic rings. The maximum absolute atomic E-state index is 14.7. The van der Waals surface area contributed by atoms with Gasteiger partial charge in [0, 0.05) is 103 Å². The molecular formula is C67H104BN6O12. The van der Waals surface area contributed by atoms with Gasteiger partial charge in [-0.2, -0.15) is 5.26 Å². The van der Waals surface area contributed by atoms with Gasteiger partial charge in [-0.1, -0.05) is 86.8 Å². The minimum absolute atomic E-state index is 0. The topological polar surface area (TPSA) is 297 Å². The molecule has 477 valence electrons. The number of hydrogen-bond donors (Lipinski definition) is 6. The Kier molecular flexibility index (Phi) is 35.8. The maximum atomic E-state index is 14.7. The zero-order valence-corrected chi connectivity index (χ0v) is 53.9. The third-order valence-corrected chi connectivity index (χ3v) is 15.0. The number of aryl methyl sites for hydroxylation is 1. The van der Waals surface area contributed by atoms with Crippen molar-refractivity contribution < 1.29 is 57.9 Å². The number of ether oxygens (including phenoxy) is 4. The first-order valence-corrected chi connectivity index (χ1v) is 30.5. The minimum Gasteiger partial charge on any atom is -0.493 e. The summed E-state index contributed by atoms with van der Waals surface area (Å²) in [5.74, 6) is -2.97. The molecule has 0 unspecified atom stereocenters. The van der Waals surface area contributed by atoms with Crippen molar-refractivity contribution in [2.24, 2.45) is 45.3 Å². The van der Waals surface area contributed by atoms with Crippen LogP contribution >= 0.6 is 0 Å². The van der Waals surface area contributed by atoms with Crippen molar-refractivity contribution in [2.75, 3.05) is 66.3 Å². The Labute approximate surface area is 515 Å². The second-order valence-electron chi connectivity index (χ2n) is 24.6. The highest BCUT2D eigenvalue weighted by molar-refractivity contribution is 6.01. The number of ketones is 3. The van der Waals surface area contributed by atoms with Crippen LogP contribution in [0.4, 0.5) is 0 Å². The Balaban J connectivity index is 0.00000134. The van der Waals surface area contributed by atoms with Crippen LogP contribution in [0.3, 0.4) is 0 Å². The SMILES string of the molecule is C1CCOC1.CCCC(C)(C)C(=O)O.CCCC(C)(C)CO.CCCC(C)(C)COc1ccc(C(=O)C[C@@H](CCN)C(=O)N(C)[C@@H]2C(=O)C[C@@H](C)C(=O)N[C@H](C(=O)CCC#N)Cc3ccc(OCCN)c(c3)-c3cc2ccc3OCCN)c(C)c1.[B]. The van der Waals surface area contributed by atoms with E-state index in [0.29, 0.717) is 63.8 Å². The monoisotopic (exact) mass is 1200 g/mol. The lowest BCUT2D eigenvalue weighted by Crippen LogP contribution is -2.46. The number of carboxylic acids is 1. The van der Waals surface area contributed by atoms with Crippen LogP contribution in [-0.4, -0.2) is 131 Å². The van der Waals surface area contributed by atoms with E-state index in [2.05, 4.69) is 46.9 Å². The standard InChI is InChI=1S/C49H66N6O8.C7H14O2.C7H16O.C4H8O.B/c1-7-17-49(4,5)30-63-36-12-13-37(31(2)24-36)42(57)29-35(16-19-51)48(60)55(6)46-34-11-15-45(62-23-21-53)39(28-34)38-26-33(10-14-44(38)61-22-20-52)27-40(41(56)9-8-18-50)54-47(59)32(3)25-43(46)58;1-4-5-7(2,3)6(8)9;1-4-5-7(2,3)6-8;1-2-4-5-3-1;/h10-15,24,26,28,32,35,40,46H,7-9,16-17,19-23,25,27,29-30,51-53H2,1-6H3,(H,54,59);4-5H2,1-3H3,(H,8,9);8H,4-6H2,1-3H3;1-4H2;/t32-,35-,40+,46+;;;;/m1..../s1. The summed E-state index contributed by atoms with van der Waals surface area (Å²) in [6.07, 6.45) is 8.31. The lowest BCUT2D eigenvalue weighted by molar-refractivity contribution is -0.147. The van der Waals surface area contributed by atoms with Gasteiger partial charge in [-0.25, -0.2) is 0 Å². The fraction of sp³-hybridized carbons (Fsp3) is 0.627. The second-order valence-corrected chi connectivity index (χ2v) is 24.6. The largest absolute Gasteiger partial charge is 0.493 e.